The molecule has 0 radical (unpaired) electrons. The van der Waals surface area contributed by atoms with Crippen molar-refractivity contribution in [3.05, 3.63) is 11.8 Å². The maximum atomic E-state index is 11.1. The average molecular weight is 156 g/mol. The summed E-state index contributed by atoms with van der Waals surface area (Å²) in [6.07, 6.45) is 4.31. The summed E-state index contributed by atoms with van der Waals surface area (Å²) in [5.74, 6) is 0.561. The van der Waals surface area contributed by atoms with Gasteiger partial charge in [-0.2, -0.15) is 0 Å². The van der Waals surface area contributed by atoms with Gasteiger partial charge in [0.05, 0.1) is 0 Å². The van der Waals surface area contributed by atoms with E-state index in [-0.39, 0.29) is 12.6 Å². The van der Waals surface area contributed by atoms with E-state index in [9.17, 15) is 4.79 Å². The van der Waals surface area contributed by atoms with Crippen LogP contribution in [0.2, 0.25) is 0 Å². The lowest BCUT2D eigenvalue weighted by Gasteiger charge is -2.11. The van der Waals surface area contributed by atoms with Crippen molar-refractivity contribution in [1.29, 1.82) is 0 Å². The van der Waals surface area contributed by atoms with Gasteiger partial charge in [0.1, 0.15) is 0 Å². The minimum Gasteiger partial charge on any atom is -0.464 e. The van der Waals surface area contributed by atoms with Gasteiger partial charge in [0.25, 0.3) is 0 Å². The summed E-state index contributed by atoms with van der Waals surface area (Å²) >= 11 is 0. The van der Waals surface area contributed by atoms with Gasteiger partial charge in [-0.25, -0.2) is 0 Å². The number of hydrogen-bond acceptors (Lipinski definition) is 3. The van der Waals surface area contributed by atoms with Crippen molar-refractivity contribution in [2.75, 3.05) is 13.9 Å². The summed E-state index contributed by atoms with van der Waals surface area (Å²) in [7, 11) is 1.54. The molecule has 0 aromatic carbocycles. The molecule has 1 aliphatic carbocycles. The number of allylic oxidation sites excluding steroid dienone is 2. The smallest absolute Gasteiger partial charge is 0.197 e. The summed E-state index contributed by atoms with van der Waals surface area (Å²) < 4.78 is 9.71. The number of rotatable bonds is 3. The van der Waals surface area contributed by atoms with E-state index in [0.717, 1.165) is 12.8 Å². The van der Waals surface area contributed by atoms with Crippen molar-refractivity contribution in [3.63, 3.8) is 0 Å². The predicted molar refractivity (Wildman–Crippen MR) is 39.9 cm³/mol. The molecule has 0 amide bonds. The van der Waals surface area contributed by atoms with E-state index < -0.39 is 0 Å². The van der Waals surface area contributed by atoms with E-state index in [2.05, 4.69) is 4.74 Å². The second-order valence-electron chi connectivity index (χ2n) is 2.43. The fourth-order valence-corrected chi connectivity index (χ4v) is 0.995. The van der Waals surface area contributed by atoms with E-state index in [0.29, 0.717) is 12.2 Å². The summed E-state index contributed by atoms with van der Waals surface area (Å²) in [6.45, 7) is 0.164. The molecule has 0 N–H and O–H groups in total. The number of methoxy groups -OCH3 is 1. The lowest BCUT2D eigenvalue weighted by molar-refractivity contribution is -0.121. The Hall–Kier alpha value is -0.830. The monoisotopic (exact) mass is 156 g/mol. The first-order valence-corrected chi connectivity index (χ1v) is 3.69. The maximum Gasteiger partial charge on any atom is 0.197 e. The van der Waals surface area contributed by atoms with Crippen molar-refractivity contribution in [3.8, 4) is 0 Å². The number of carbonyl (C=O) groups is 1. The Bertz CT molecular complexity index is 172. The number of hydrogen-bond donors (Lipinski definition) is 0. The Labute approximate surface area is 66.0 Å². The largest absolute Gasteiger partial charge is 0.464 e. The SMILES string of the molecule is COCOC1=CCCCC1=O. The van der Waals surface area contributed by atoms with Gasteiger partial charge in [0, 0.05) is 13.5 Å². The van der Waals surface area contributed by atoms with Crippen molar-refractivity contribution in [2.45, 2.75) is 19.3 Å². The Balaban J connectivity index is 2.41. The Morgan fingerprint density at radius 1 is 1.64 bits per heavy atom. The molecule has 0 bridgehead atoms. The molecule has 0 aromatic rings. The van der Waals surface area contributed by atoms with Crippen molar-refractivity contribution < 1.29 is 14.3 Å². The fraction of sp³-hybridized carbons (Fsp3) is 0.625. The second kappa shape index (κ2) is 4.13. The van der Waals surface area contributed by atoms with Gasteiger partial charge in [-0.15, -0.1) is 0 Å². The average Bonchev–Trinajstić information content (AvgIpc) is 2.03. The molecule has 3 heteroatoms. The van der Waals surface area contributed by atoms with E-state index in [1.54, 1.807) is 0 Å². The van der Waals surface area contributed by atoms with E-state index in [1.807, 2.05) is 6.08 Å². The number of carbonyl (C=O) groups excluding carboxylic acids is 1. The highest BCUT2D eigenvalue weighted by molar-refractivity contribution is 5.94. The quantitative estimate of drug-likeness (QED) is 0.577. The number of ether oxygens (including phenoxy) is 2. The lowest BCUT2D eigenvalue weighted by atomic mass is 10.1. The standard InChI is InChI=1S/C8H12O3/c1-10-6-11-8-5-3-2-4-7(8)9/h5H,2-4,6H2,1H3. The minimum absolute atomic E-state index is 0.0910. The molecule has 0 saturated heterocycles. The van der Waals surface area contributed by atoms with Crippen LogP contribution in [-0.2, 0) is 14.3 Å². The topological polar surface area (TPSA) is 35.5 Å². The number of ketones is 1. The highest BCUT2D eigenvalue weighted by atomic mass is 16.7. The zero-order valence-corrected chi connectivity index (χ0v) is 6.63. The molecule has 0 unspecified atom stereocenters. The third-order valence-corrected chi connectivity index (χ3v) is 1.54. The molecule has 0 fully saturated rings. The fourth-order valence-electron chi connectivity index (χ4n) is 0.995. The maximum absolute atomic E-state index is 11.1. The van der Waals surface area contributed by atoms with Crippen LogP contribution in [0.3, 0.4) is 0 Å². The second-order valence-corrected chi connectivity index (χ2v) is 2.43. The molecule has 0 heterocycles. The molecular formula is C8H12O3. The van der Waals surface area contributed by atoms with Crippen molar-refractivity contribution in [2.24, 2.45) is 0 Å². The molecule has 1 rings (SSSR count). The van der Waals surface area contributed by atoms with Crippen molar-refractivity contribution in [1.82, 2.24) is 0 Å². The first kappa shape index (κ1) is 8.27. The lowest BCUT2D eigenvalue weighted by Crippen LogP contribution is -2.11. The molecule has 1 aliphatic rings. The van der Waals surface area contributed by atoms with Crippen LogP contribution in [-0.4, -0.2) is 19.7 Å². The zero-order chi connectivity index (χ0) is 8.10. The van der Waals surface area contributed by atoms with Crippen LogP contribution in [0.1, 0.15) is 19.3 Å². The molecule has 0 atom stereocenters. The van der Waals surface area contributed by atoms with Gasteiger partial charge in [0.15, 0.2) is 18.3 Å². The highest BCUT2D eigenvalue weighted by Gasteiger charge is 2.13. The van der Waals surface area contributed by atoms with Crippen LogP contribution in [0.4, 0.5) is 0 Å². The summed E-state index contributed by atoms with van der Waals surface area (Å²) in [5.41, 5.74) is 0. The number of Topliss-reactive ketones (excluding diaryl/α,β-unsaturated/α-hetero) is 1. The molecule has 62 valence electrons. The van der Waals surface area contributed by atoms with Crippen molar-refractivity contribution >= 4 is 5.78 Å². The molecule has 0 spiro atoms. The summed E-state index contributed by atoms with van der Waals surface area (Å²) in [4.78, 5) is 11.1. The van der Waals surface area contributed by atoms with Crippen LogP contribution in [0.5, 0.6) is 0 Å². The van der Waals surface area contributed by atoms with Crippen LogP contribution < -0.4 is 0 Å². The molecule has 3 nitrogen and oxygen atoms in total. The van der Waals surface area contributed by atoms with Crippen LogP contribution in [0, 0.1) is 0 Å². The van der Waals surface area contributed by atoms with Crippen LogP contribution in [0.25, 0.3) is 0 Å². The first-order valence-electron chi connectivity index (χ1n) is 3.69. The van der Waals surface area contributed by atoms with Gasteiger partial charge in [0.2, 0.25) is 0 Å². The molecule has 0 saturated carbocycles. The summed E-state index contributed by atoms with van der Waals surface area (Å²) in [6, 6.07) is 0. The predicted octanol–water partition coefficient (Wildman–Crippen LogP) is 1.24. The normalized spacial score (nSPS) is 17.9. The van der Waals surface area contributed by atoms with Crippen LogP contribution >= 0.6 is 0 Å². The first-order chi connectivity index (χ1) is 5.34. The van der Waals surface area contributed by atoms with E-state index in [1.165, 1.54) is 7.11 Å². The van der Waals surface area contributed by atoms with E-state index >= 15 is 0 Å². The molecule has 11 heavy (non-hydrogen) atoms. The molecular weight excluding hydrogens is 144 g/mol. The Kier molecular flexibility index (Phi) is 3.11. The van der Waals surface area contributed by atoms with Crippen LogP contribution in [0.15, 0.2) is 11.8 Å². The third-order valence-electron chi connectivity index (χ3n) is 1.54. The Morgan fingerprint density at radius 3 is 3.09 bits per heavy atom. The minimum atomic E-state index is 0.0910. The Morgan fingerprint density at radius 2 is 2.45 bits per heavy atom. The molecule has 0 aromatic heterocycles. The van der Waals surface area contributed by atoms with Gasteiger partial charge in [-0.3, -0.25) is 4.79 Å². The van der Waals surface area contributed by atoms with Gasteiger partial charge in [-0.05, 0) is 18.9 Å². The zero-order valence-electron chi connectivity index (χ0n) is 6.63. The third kappa shape index (κ3) is 2.35. The van der Waals surface area contributed by atoms with Gasteiger partial charge < -0.3 is 9.47 Å². The van der Waals surface area contributed by atoms with Gasteiger partial charge >= 0.3 is 0 Å². The van der Waals surface area contributed by atoms with E-state index in [4.69, 9.17) is 4.74 Å². The molecule has 0 aliphatic heterocycles. The summed E-state index contributed by atoms with van der Waals surface area (Å²) in [5, 5.41) is 0. The highest BCUT2D eigenvalue weighted by Crippen LogP contribution is 2.14. The van der Waals surface area contributed by atoms with Gasteiger partial charge in [-0.1, -0.05) is 0 Å².